The van der Waals surface area contributed by atoms with Crippen molar-refractivity contribution in [3.8, 4) is 16.8 Å². The summed E-state index contributed by atoms with van der Waals surface area (Å²) in [6.07, 6.45) is 0. The van der Waals surface area contributed by atoms with Crippen LogP contribution >= 0.6 is 11.3 Å². The molecule has 0 bridgehead atoms. The monoisotopic (exact) mass is 742 g/mol. The molecule has 0 aliphatic rings. The minimum absolute atomic E-state index is 1.11. The zero-order valence-electron chi connectivity index (χ0n) is 30.9. The summed E-state index contributed by atoms with van der Waals surface area (Å²) in [6, 6.07) is 75.8. The Hall–Kier alpha value is -7.20. The van der Waals surface area contributed by atoms with Crippen LogP contribution in [0.15, 0.2) is 206 Å². The van der Waals surface area contributed by atoms with Crippen molar-refractivity contribution in [1.82, 2.24) is 4.57 Å². The number of benzene rings is 10. The van der Waals surface area contributed by atoms with Gasteiger partial charge in [-0.3, -0.25) is 0 Å². The van der Waals surface area contributed by atoms with Crippen LogP contribution in [0.3, 0.4) is 0 Å². The highest BCUT2D eigenvalue weighted by Crippen LogP contribution is 2.47. The largest absolute Gasteiger partial charge is 0.310 e. The van der Waals surface area contributed by atoms with Gasteiger partial charge in [-0.15, -0.1) is 11.3 Å². The Bertz CT molecular complexity index is 3520. The number of para-hydroxylation sites is 1. The van der Waals surface area contributed by atoms with Gasteiger partial charge < -0.3 is 9.47 Å². The Labute approximate surface area is 333 Å². The molecule has 266 valence electrons. The molecule has 0 aliphatic heterocycles. The molecule has 0 aliphatic carbocycles. The summed E-state index contributed by atoms with van der Waals surface area (Å²) in [4.78, 5) is 2.42. The van der Waals surface area contributed by atoms with Crippen molar-refractivity contribution in [3.63, 3.8) is 0 Å². The van der Waals surface area contributed by atoms with Crippen LogP contribution in [0.2, 0.25) is 0 Å². The molecule has 0 fully saturated rings. The molecular formula is C54H34N2S. The van der Waals surface area contributed by atoms with Gasteiger partial charge in [0.15, 0.2) is 0 Å². The number of thiophene rings is 1. The number of anilines is 3. The summed E-state index contributed by atoms with van der Waals surface area (Å²) < 4.78 is 5.15. The van der Waals surface area contributed by atoms with Gasteiger partial charge >= 0.3 is 0 Å². The zero-order chi connectivity index (χ0) is 37.5. The minimum atomic E-state index is 1.11. The standard InChI is InChI=1S/C54H34N2S/c1-3-15-35(16-4-1)47-31-36-17-8-10-22-42(36)54-53(47)48-33-39(28-30-49(48)56(54)50-32-37-18-7-9-21-41(37)43-23-11-12-24-44(43)50)55(38-19-5-2-6-20-38)40-27-29-46-45-25-13-14-26-51(45)57-52(46)34-40/h1-34H. The first kappa shape index (κ1) is 32.1. The third kappa shape index (κ3) is 4.96. The molecule has 0 radical (unpaired) electrons. The quantitative estimate of drug-likeness (QED) is 0.159. The van der Waals surface area contributed by atoms with E-state index < -0.39 is 0 Å². The lowest BCUT2D eigenvalue weighted by Crippen LogP contribution is -2.09. The van der Waals surface area contributed by atoms with Crippen molar-refractivity contribution in [2.24, 2.45) is 0 Å². The molecule has 3 heteroatoms. The van der Waals surface area contributed by atoms with Gasteiger partial charge in [-0.1, -0.05) is 146 Å². The molecule has 0 saturated carbocycles. The normalized spacial score (nSPS) is 11.9. The third-order valence-corrected chi connectivity index (χ3v) is 12.8. The van der Waals surface area contributed by atoms with Gasteiger partial charge in [0.05, 0.1) is 16.7 Å². The van der Waals surface area contributed by atoms with E-state index in [0.29, 0.717) is 0 Å². The molecule has 2 heterocycles. The lowest BCUT2D eigenvalue weighted by Gasteiger charge is -2.26. The topological polar surface area (TPSA) is 8.17 Å². The Balaban J connectivity index is 1.21. The Morgan fingerprint density at radius 1 is 0.368 bits per heavy atom. The fraction of sp³-hybridized carbons (Fsp3) is 0. The van der Waals surface area contributed by atoms with Gasteiger partial charge in [0, 0.05) is 58.8 Å². The van der Waals surface area contributed by atoms with Crippen molar-refractivity contribution >= 4 is 103 Å². The lowest BCUT2D eigenvalue weighted by molar-refractivity contribution is 1.21. The summed E-state index contributed by atoms with van der Waals surface area (Å²) in [5, 5.41) is 12.5. The molecule has 0 saturated heterocycles. The third-order valence-electron chi connectivity index (χ3n) is 11.7. The average molecular weight is 743 g/mol. The van der Waals surface area contributed by atoms with Crippen LogP contribution in [0.1, 0.15) is 0 Å². The summed E-state index contributed by atoms with van der Waals surface area (Å²) in [7, 11) is 0. The molecule has 12 aromatic rings. The van der Waals surface area contributed by atoms with Crippen molar-refractivity contribution in [3.05, 3.63) is 206 Å². The van der Waals surface area contributed by atoms with E-state index in [1.807, 2.05) is 11.3 Å². The van der Waals surface area contributed by atoms with Crippen molar-refractivity contribution in [1.29, 1.82) is 0 Å². The van der Waals surface area contributed by atoms with Gasteiger partial charge in [-0.05, 0) is 93.3 Å². The SMILES string of the molecule is c1ccc(-c2cc3ccccc3c3c2c2cc(N(c4ccccc4)c4ccc5c(c4)sc4ccccc45)ccc2n3-c2cc3ccccc3c3ccccc23)cc1. The molecule has 0 N–H and O–H groups in total. The summed E-state index contributed by atoms with van der Waals surface area (Å²) in [6.45, 7) is 0. The highest BCUT2D eigenvalue weighted by atomic mass is 32.1. The Kier molecular flexibility index (Phi) is 7.13. The lowest BCUT2D eigenvalue weighted by atomic mass is 9.95. The molecule has 12 rings (SSSR count). The molecular weight excluding hydrogens is 709 g/mol. The van der Waals surface area contributed by atoms with Crippen LogP contribution < -0.4 is 4.90 Å². The first-order valence-electron chi connectivity index (χ1n) is 19.5. The van der Waals surface area contributed by atoms with Crippen LogP contribution in [0, 0.1) is 0 Å². The van der Waals surface area contributed by atoms with E-state index in [1.165, 1.54) is 91.1 Å². The second-order valence-corrected chi connectivity index (χ2v) is 16.0. The molecule has 0 spiro atoms. The van der Waals surface area contributed by atoms with Crippen LogP contribution in [0.25, 0.3) is 91.1 Å². The number of hydrogen-bond acceptors (Lipinski definition) is 2. The number of fused-ring (bicyclic) bond motifs is 11. The van der Waals surface area contributed by atoms with E-state index in [-0.39, 0.29) is 0 Å². The molecule has 57 heavy (non-hydrogen) atoms. The van der Waals surface area contributed by atoms with Gasteiger partial charge in [-0.25, -0.2) is 0 Å². The molecule has 10 aromatic carbocycles. The fourth-order valence-corrected chi connectivity index (χ4v) is 10.3. The molecule has 0 atom stereocenters. The maximum absolute atomic E-state index is 2.55. The predicted octanol–water partition coefficient (Wildman–Crippen LogP) is 15.7. The summed E-state index contributed by atoms with van der Waals surface area (Å²) >= 11 is 1.86. The highest BCUT2D eigenvalue weighted by molar-refractivity contribution is 7.25. The maximum atomic E-state index is 2.55. The second-order valence-electron chi connectivity index (χ2n) is 14.9. The van der Waals surface area contributed by atoms with E-state index in [1.54, 1.807) is 0 Å². The molecule has 0 amide bonds. The number of aromatic nitrogens is 1. The Morgan fingerprint density at radius 2 is 0.965 bits per heavy atom. The van der Waals surface area contributed by atoms with E-state index in [4.69, 9.17) is 0 Å². The molecule has 2 aromatic heterocycles. The van der Waals surface area contributed by atoms with Crippen molar-refractivity contribution in [2.75, 3.05) is 4.90 Å². The molecule has 2 nitrogen and oxygen atoms in total. The van der Waals surface area contributed by atoms with Crippen LogP contribution in [0.4, 0.5) is 17.1 Å². The maximum Gasteiger partial charge on any atom is 0.0626 e. The predicted molar refractivity (Wildman–Crippen MR) is 246 cm³/mol. The van der Waals surface area contributed by atoms with Crippen LogP contribution in [-0.2, 0) is 0 Å². The van der Waals surface area contributed by atoms with Crippen molar-refractivity contribution < 1.29 is 0 Å². The first-order chi connectivity index (χ1) is 28.3. The van der Waals surface area contributed by atoms with E-state index in [9.17, 15) is 0 Å². The minimum Gasteiger partial charge on any atom is -0.310 e. The van der Waals surface area contributed by atoms with Gasteiger partial charge in [0.1, 0.15) is 0 Å². The van der Waals surface area contributed by atoms with Crippen LogP contribution in [-0.4, -0.2) is 4.57 Å². The first-order valence-corrected chi connectivity index (χ1v) is 20.3. The smallest absolute Gasteiger partial charge is 0.0626 e. The summed E-state index contributed by atoms with van der Waals surface area (Å²) in [5.41, 5.74) is 9.39. The summed E-state index contributed by atoms with van der Waals surface area (Å²) in [5.74, 6) is 0. The molecule has 0 unspecified atom stereocenters. The van der Waals surface area contributed by atoms with Gasteiger partial charge in [0.2, 0.25) is 0 Å². The van der Waals surface area contributed by atoms with E-state index in [2.05, 4.69) is 216 Å². The second kappa shape index (κ2) is 12.7. The van der Waals surface area contributed by atoms with Gasteiger partial charge in [0.25, 0.3) is 0 Å². The zero-order valence-corrected chi connectivity index (χ0v) is 31.7. The fourth-order valence-electron chi connectivity index (χ4n) is 9.21. The number of rotatable bonds is 5. The highest BCUT2D eigenvalue weighted by Gasteiger charge is 2.23. The van der Waals surface area contributed by atoms with Crippen molar-refractivity contribution in [2.45, 2.75) is 0 Å². The number of nitrogens with zero attached hydrogens (tertiary/aromatic N) is 2. The average Bonchev–Trinajstić information content (AvgIpc) is 3.82. The number of hydrogen-bond donors (Lipinski definition) is 0. The van der Waals surface area contributed by atoms with Crippen LogP contribution in [0.5, 0.6) is 0 Å². The Morgan fingerprint density at radius 3 is 1.77 bits per heavy atom. The van der Waals surface area contributed by atoms with E-state index >= 15 is 0 Å². The van der Waals surface area contributed by atoms with Gasteiger partial charge in [-0.2, -0.15) is 0 Å². The van der Waals surface area contributed by atoms with E-state index in [0.717, 1.165) is 17.1 Å².